The number of aryl methyl sites for hydroxylation is 1. The van der Waals surface area contributed by atoms with Crippen LogP contribution in [0.15, 0.2) is 54.6 Å². The van der Waals surface area contributed by atoms with Crippen LogP contribution in [-0.4, -0.2) is 9.97 Å². The van der Waals surface area contributed by atoms with Gasteiger partial charge in [-0.3, -0.25) is 0 Å². The molecule has 0 bridgehead atoms. The number of nitrogens with one attached hydrogen (secondary N) is 2. The van der Waals surface area contributed by atoms with Gasteiger partial charge in [0.05, 0.1) is 5.69 Å². The van der Waals surface area contributed by atoms with Crippen molar-refractivity contribution in [2.45, 2.75) is 13.5 Å². The second kappa shape index (κ2) is 7.04. The third-order valence-corrected chi connectivity index (χ3v) is 3.39. The van der Waals surface area contributed by atoms with Gasteiger partial charge in [-0.2, -0.15) is 4.98 Å². The Bertz CT molecular complexity index is 852. The highest BCUT2D eigenvalue weighted by molar-refractivity contribution is 5.58. The number of aromatic nitrogens is 2. The van der Waals surface area contributed by atoms with Gasteiger partial charge in [0.1, 0.15) is 17.5 Å². The van der Waals surface area contributed by atoms with E-state index in [1.54, 1.807) is 42.5 Å². The van der Waals surface area contributed by atoms with E-state index in [0.29, 0.717) is 28.7 Å². The number of hydrogen-bond donors (Lipinski definition) is 2. The molecule has 0 aliphatic heterocycles. The molecule has 0 spiro atoms. The number of rotatable bonds is 5. The summed E-state index contributed by atoms with van der Waals surface area (Å²) in [7, 11) is 0. The molecule has 0 atom stereocenters. The van der Waals surface area contributed by atoms with Gasteiger partial charge in [0, 0.05) is 23.9 Å². The maximum absolute atomic E-state index is 13.7. The lowest BCUT2D eigenvalue weighted by atomic mass is 10.2. The van der Waals surface area contributed by atoms with E-state index in [9.17, 15) is 8.78 Å². The third kappa shape index (κ3) is 3.84. The molecule has 0 saturated heterocycles. The number of para-hydroxylation sites is 1. The van der Waals surface area contributed by atoms with E-state index in [1.807, 2.05) is 6.92 Å². The average molecular weight is 326 g/mol. The van der Waals surface area contributed by atoms with Gasteiger partial charge >= 0.3 is 0 Å². The van der Waals surface area contributed by atoms with Crippen LogP contribution >= 0.6 is 0 Å². The van der Waals surface area contributed by atoms with Crippen molar-refractivity contribution in [2.75, 3.05) is 10.6 Å². The number of benzene rings is 2. The highest BCUT2D eigenvalue weighted by atomic mass is 19.1. The molecule has 3 rings (SSSR count). The third-order valence-electron chi connectivity index (χ3n) is 3.39. The molecule has 1 aromatic heterocycles. The lowest BCUT2D eigenvalue weighted by Gasteiger charge is -2.11. The average Bonchev–Trinajstić information content (AvgIpc) is 2.56. The summed E-state index contributed by atoms with van der Waals surface area (Å²) in [6.45, 7) is 2.07. The van der Waals surface area contributed by atoms with Crippen molar-refractivity contribution < 1.29 is 8.78 Å². The van der Waals surface area contributed by atoms with E-state index < -0.39 is 0 Å². The van der Waals surface area contributed by atoms with Gasteiger partial charge in [-0.25, -0.2) is 13.8 Å². The molecule has 0 fully saturated rings. The maximum atomic E-state index is 13.7. The van der Waals surface area contributed by atoms with Crippen LogP contribution in [0.4, 0.5) is 26.2 Å². The van der Waals surface area contributed by atoms with Crippen molar-refractivity contribution in [3.05, 3.63) is 77.5 Å². The van der Waals surface area contributed by atoms with E-state index in [0.717, 1.165) is 0 Å². The highest BCUT2D eigenvalue weighted by Gasteiger charge is 2.07. The van der Waals surface area contributed by atoms with Crippen LogP contribution in [0.1, 0.15) is 11.3 Å². The van der Waals surface area contributed by atoms with Gasteiger partial charge in [0.15, 0.2) is 0 Å². The summed E-state index contributed by atoms with van der Waals surface area (Å²) >= 11 is 0. The first-order chi connectivity index (χ1) is 11.6. The molecule has 24 heavy (non-hydrogen) atoms. The molecule has 0 amide bonds. The number of hydrogen-bond acceptors (Lipinski definition) is 4. The fourth-order valence-corrected chi connectivity index (χ4v) is 2.23. The molecule has 4 nitrogen and oxygen atoms in total. The van der Waals surface area contributed by atoms with Gasteiger partial charge in [-0.05, 0) is 25.1 Å². The molecule has 0 radical (unpaired) electrons. The molecule has 0 aliphatic carbocycles. The molecular formula is C18H16F2N4. The molecule has 2 aromatic carbocycles. The first-order valence-corrected chi connectivity index (χ1v) is 7.46. The van der Waals surface area contributed by atoms with Crippen molar-refractivity contribution in [1.82, 2.24) is 9.97 Å². The predicted molar refractivity (Wildman–Crippen MR) is 90.2 cm³/mol. The summed E-state index contributed by atoms with van der Waals surface area (Å²) in [4.78, 5) is 8.56. The molecule has 0 saturated carbocycles. The topological polar surface area (TPSA) is 49.8 Å². The summed E-state index contributed by atoms with van der Waals surface area (Å²) in [5, 5.41) is 5.91. The first kappa shape index (κ1) is 15.9. The molecule has 2 N–H and O–H groups in total. The normalized spacial score (nSPS) is 10.5. The van der Waals surface area contributed by atoms with Crippen molar-refractivity contribution >= 4 is 17.5 Å². The van der Waals surface area contributed by atoms with Gasteiger partial charge in [0.2, 0.25) is 5.95 Å². The monoisotopic (exact) mass is 326 g/mol. The van der Waals surface area contributed by atoms with Crippen LogP contribution < -0.4 is 10.6 Å². The van der Waals surface area contributed by atoms with Crippen LogP contribution in [0.2, 0.25) is 0 Å². The maximum Gasteiger partial charge on any atom is 0.225 e. The first-order valence-electron chi connectivity index (χ1n) is 7.46. The lowest BCUT2D eigenvalue weighted by Crippen LogP contribution is -2.07. The molecule has 3 aromatic rings. The predicted octanol–water partition coefficient (Wildman–Crippen LogP) is 4.42. The standard InChI is InChI=1S/C18H16F2N4/c1-12-10-17(23-16-9-5-4-8-15(16)20)24-18(22-12)21-11-13-6-2-3-7-14(13)19/h2-10H,11H2,1H3,(H2,21,22,23,24). The molecule has 122 valence electrons. The van der Waals surface area contributed by atoms with E-state index >= 15 is 0 Å². The molecule has 6 heteroatoms. The van der Waals surface area contributed by atoms with Crippen LogP contribution in [0.5, 0.6) is 0 Å². The second-order valence-corrected chi connectivity index (χ2v) is 5.27. The van der Waals surface area contributed by atoms with Crippen molar-refractivity contribution in [3.63, 3.8) is 0 Å². The fourth-order valence-electron chi connectivity index (χ4n) is 2.23. The number of halogens is 2. The fraction of sp³-hybridized carbons (Fsp3) is 0.111. The molecule has 1 heterocycles. The van der Waals surface area contributed by atoms with E-state index in [-0.39, 0.29) is 18.2 Å². The zero-order valence-electron chi connectivity index (χ0n) is 13.1. The second-order valence-electron chi connectivity index (χ2n) is 5.27. The minimum absolute atomic E-state index is 0.259. The van der Waals surface area contributed by atoms with Gasteiger partial charge in [0.25, 0.3) is 0 Å². The smallest absolute Gasteiger partial charge is 0.225 e. The van der Waals surface area contributed by atoms with Gasteiger partial charge in [-0.1, -0.05) is 30.3 Å². The SMILES string of the molecule is Cc1cc(Nc2ccccc2F)nc(NCc2ccccc2F)n1. The van der Waals surface area contributed by atoms with E-state index in [1.165, 1.54) is 12.1 Å². The van der Waals surface area contributed by atoms with Crippen molar-refractivity contribution in [3.8, 4) is 0 Å². The zero-order valence-corrected chi connectivity index (χ0v) is 13.1. The summed E-state index contributed by atoms with van der Waals surface area (Å²) in [5.74, 6) is 0.151. The quantitative estimate of drug-likeness (QED) is 0.729. The Labute approximate surface area is 138 Å². The van der Waals surface area contributed by atoms with Crippen LogP contribution in [0, 0.1) is 18.6 Å². The molecular weight excluding hydrogens is 310 g/mol. The van der Waals surface area contributed by atoms with Crippen LogP contribution in [0.25, 0.3) is 0 Å². The van der Waals surface area contributed by atoms with E-state index in [2.05, 4.69) is 20.6 Å². The number of nitrogens with zero attached hydrogens (tertiary/aromatic N) is 2. The molecule has 0 unspecified atom stereocenters. The highest BCUT2D eigenvalue weighted by Crippen LogP contribution is 2.19. The number of anilines is 3. The largest absolute Gasteiger partial charge is 0.350 e. The Hall–Kier alpha value is -3.02. The summed E-state index contributed by atoms with van der Waals surface area (Å²) in [6, 6.07) is 14.5. The lowest BCUT2D eigenvalue weighted by molar-refractivity contribution is 0.612. The van der Waals surface area contributed by atoms with Crippen LogP contribution in [0.3, 0.4) is 0 Å². The molecule has 0 aliphatic rings. The van der Waals surface area contributed by atoms with Crippen molar-refractivity contribution in [2.24, 2.45) is 0 Å². The summed E-state index contributed by atoms with van der Waals surface area (Å²) in [5.41, 5.74) is 1.56. The Morgan fingerprint density at radius 2 is 1.62 bits per heavy atom. The minimum atomic E-state index is -0.366. The van der Waals surface area contributed by atoms with Crippen LogP contribution in [-0.2, 0) is 6.54 Å². The zero-order chi connectivity index (χ0) is 16.9. The minimum Gasteiger partial charge on any atom is -0.350 e. The summed E-state index contributed by atoms with van der Waals surface area (Å²) < 4.78 is 27.4. The van der Waals surface area contributed by atoms with Crippen molar-refractivity contribution in [1.29, 1.82) is 0 Å². The summed E-state index contributed by atoms with van der Waals surface area (Å²) in [6.07, 6.45) is 0. The Morgan fingerprint density at radius 1 is 0.917 bits per heavy atom. The Morgan fingerprint density at radius 3 is 2.38 bits per heavy atom. The Balaban J connectivity index is 1.77. The Kier molecular flexibility index (Phi) is 4.65. The van der Waals surface area contributed by atoms with Gasteiger partial charge < -0.3 is 10.6 Å². The van der Waals surface area contributed by atoms with E-state index in [4.69, 9.17) is 0 Å². The van der Waals surface area contributed by atoms with Gasteiger partial charge in [-0.15, -0.1) is 0 Å².